The molecule has 0 aliphatic carbocycles. The number of amides is 2. The molecule has 5 nitrogen and oxygen atoms in total. The van der Waals surface area contributed by atoms with Gasteiger partial charge >= 0.3 is 12.0 Å². The van der Waals surface area contributed by atoms with Crippen LogP contribution in [-0.2, 0) is 4.79 Å². The molecule has 1 saturated heterocycles. The monoisotopic (exact) mass is 302 g/mol. The van der Waals surface area contributed by atoms with Crippen LogP contribution in [0.25, 0.3) is 0 Å². The van der Waals surface area contributed by atoms with Crippen molar-refractivity contribution in [2.75, 3.05) is 18.8 Å². The van der Waals surface area contributed by atoms with Crippen LogP contribution < -0.4 is 10.6 Å². The molecule has 0 aromatic heterocycles. The van der Waals surface area contributed by atoms with Crippen molar-refractivity contribution in [1.29, 1.82) is 0 Å². The number of nitrogens with one attached hydrogen (secondary N) is 2. The van der Waals surface area contributed by atoms with Crippen LogP contribution in [0.4, 0.5) is 4.79 Å². The van der Waals surface area contributed by atoms with Crippen molar-refractivity contribution in [3.63, 3.8) is 0 Å². The summed E-state index contributed by atoms with van der Waals surface area (Å²) in [6, 6.07) is -0.106. The van der Waals surface area contributed by atoms with Gasteiger partial charge in [-0.05, 0) is 37.4 Å². The fraction of sp³-hybridized carbons (Fsp3) is 0.857. The lowest BCUT2D eigenvalue weighted by molar-refractivity contribution is -0.137. The number of hydrogen-bond donors (Lipinski definition) is 3. The zero-order valence-electron chi connectivity index (χ0n) is 12.2. The fourth-order valence-electron chi connectivity index (χ4n) is 2.34. The van der Waals surface area contributed by atoms with E-state index >= 15 is 0 Å². The second kappa shape index (κ2) is 9.91. The van der Waals surface area contributed by atoms with E-state index in [9.17, 15) is 9.59 Å². The first-order valence-electron chi connectivity index (χ1n) is 7.47. The van der Waals surface area contributed by atoms with E-state index in [2.05, 4.69) is 17.6 Å². The highest BCUT2D eigenvalue weighted by molar-refractivity contribution is 8.00. The Morgan fingerprint density at radius 2 is 2.15 bits per heavy atom. The average Bonchev–Trinajstić information content (AvgIpc) is 2.93. The minimum absolute atomic E-state index is 0.106. The summed E-state index contributed by atoms with van der Waals surface area (Å²) in [4.78, 5) is 22.1. The molecule has 2 amide bonds. The Morgan fingerprint density at radius 3 is 2.75 bits per heavy atom. The number of thioether (sulfide) groups is 1. The number of aliphatic carboxylic acids is 1. The smallest absolute Gasteiger partial charge is 0.314 e. The molecule has 1 rings (SSSR count). The van der Waals surface area contributed by atoms with Gasteiger partial charge in [0, 0.05) is 24.8 Å². The highest BCUT2D eigenvalue weighted by atomic mass is 32.2. The zero-order valence-corrected chi connectivity index (χ0v) is 13.0. The maximum absolute atomic E-state index is 11.6. The van der Waals surface area contributed by atoms with Crippen molar-refractivity contribution < 1.29 is 14.7 Å². The van der Waals surface area contributed by atoms with Crippen molar-refractivity contribution in [2.24, 2.45) is 5.92 Å². The highest BCUT2D eigenvalue weighted by Gasteiger charge is 2.16. The molecule has 2 atom stereocenters. The quantitative estimate of drug-likeness (QED) is 0.611. The number of carboxylic acid groups (broad SMARTS) is 1. The van der Waals surface area contributed by atoms with Gasteiger partial charge in [0.25, 0.3) is 0 Å². The molecule has 0 aromatic rings. The standard InChI is InChI=1S/C14H26N2O3S/c1-2-11(5-6-13(17)18)7-8-15-14(19)16-10-12-4-3-9-20-12/h11-12H,2-10H2,1H3,(H,17,18)(H2,15,16,19). The second-order valence-electron chi connectivity index (χ2n) is 5.27. The maximum Gasteiger partial charge on any atom is 0.314 e. The van der Waals surface area contributed by atoms with Gasteiger partial charge in [-0.15, -0.1) is 0 Å². The predicted octanol–water partition coefficient (Wildman–Crippen LogP) is 2.46. The molecule has 1 aliphatic rings. The summed E-state index contributed by atoms with van der Waals surface area (Å²) in [5, 5.41) is 15.0. The van der Waals surface area contributed by atoms with Gasteiger partial charge in [-0.25, -0.2) is 4.79 Å². The number of carbonyl (C=O) groups is 2. The van der Waals surface area contributed by atoms with E-state index in [0.29, 0.717) is 24.1 Å². The molecule has 1 heterocycles. The van der Waals surface area contributed by atoms with Gasteiger partial charge in [-0.3, -0.25) is 4.79 Å². The van der Waals surface area contributed by atoms with E-state index < -0.39 is 5.97 Å². The van der Waals surface area contributed by atoms with Crippen molar-refractivity contribution in [2.45, 2.75) is 50.7 Å². The first-order chi connectivity index (χ1) is 9.61. The Kier molecular flexibility index (Phi) is 8.49. The van der Waals surface area contributed by atoms with E-state index in [-0.39, 0.29) is 12.5 Å². The van der Waals surface area contributed by atoms with Crippen molar-refractivity contribution in [1.82, 2.24) is 10.6 Å². The molecule has 0 aromatic carbocycles. The molecule has 0 spiro atoms. The Hall–Kier alpha value is -0.910. The van der Waals surface area contributed by atoms with E-state index in [1.54, 1.807) is 0 Å². The summed E-state index contributed by atoms with van der Waals surface area (Å²) in [5.74, 6) is 0.829. The van der Waals surface area contributed by atoms with Gasteiger partial charge < -0.3 is 15.7 Å². The zero-order chi connectivity index (χ0) is 14.8. The van der Waals surface area contributed by atoms with Crippen LogP contribution in [0, 0.1) is 5.92 Å². The molecule has 0 saturated carbocycles. The maximum atomic E-state index is 11.6. The topological polar surface area (TPSA) is 78.4 Å². The van der Waals surface area contributed by atoms with Crippen LogP contribution in [0.2, 0.25) is 0 Å². The lowest BCUT2D eigenvalue weighted by Gasteiger charge is -2.15. The molecule has 1 fully saturated rings. The largest absolute Gasteiger partial charge is 0.481 e. The van der Waals surface area contributed by atoms with Crippen molar-refractivity contribution in [3.05, 3.63) is 0 Å². The third kappa shape index (κ3) is 7.62. The van der Waals surface area contributed by atoms with Gasteiger partial charge in [-0.2, -0.15) is 11.8 Å². The average molecular weight is 302 g/mol. The molecule has 116 valence electrons. The lowest BCUT2D eigenvalue weighted by atomic mass is 9.97. The van der Waals surface area contributed by atoms with Crippen LogP contribution >= 0.6 is 11.8 Å². The molecule has 0 radical (unpaired) electrons. The minimum Gasteiger partial charge on any atom is -0.481 e. The van der Waals surface area contributed by atoms with Crippen LogP contribution in [0.3, 0.4) is 0 Å². The number of urea groups is 1. The third-order valence-electron chi connectivity index (χ3n) is 3.70. The first kappa shape index (κ1) is 17.1. The van der Waals surface area contributed by atoms with Crippen molar-refractivity contribution in [3.8, 4) is 0 Å². The highest BCUT2D eigenvalue weighted by Crippen LogP contribution is 2.25. The summed E-state index contributed by atoms with van der Waals surface area (Å²) in [7, 11) is 0. The molecule has 20 heavy (non-hydrogen) atoms. The van der Waals surface area contributed by atoms with Crippen LogP contribution in [0.15, 0.2) is 0 Å². The van der Waals surface area contributed by atoms with Gasteiger partial charge in [0.1, 0.15) is 0 Å². The molecular formula is C14H26N2O3S. The summed E-state index contributed by atoms with van der Waals surface area (Å²) in [6.07, 6.45) is 5.14. The summed E-state index contributed by atoms with van der Waals surface area (Å²) in [5.41, 5.74) is 0. The fourth-order valence-corrected chi connectivity index (χ4v) is 3.55. The van der Waals surface area contributed by atoms with E-state index in [0.717, 1.165) is 19.4 Å². The van der Waals surface area contributed by atoms with E-state index in [1.165, 1.54) is 18.6 Å². The molecule has 1 aliphatic heterocycles. The number of rotatable bonds is 9. The Labute approximate surface area is 125 Å². The summed E-state index contributed by atoms with van der Waals surface area (Å²) >= 11 is 1.93. The number of hydrogen-bond acceptors (Lipinski definition) is 3. The van der Waals surface area contributed by atoms with Crippen LogP contribution in [0.5, 0.6) is 0 Å². The Bertz CT molecular complexity index is 307. The second-order valence-corrected chi connectivity index (χ2v) is 6.68. The van der Waals surface area contributed by atoms with Crippen LogP contribution in [-0.4, -0.2) is 41.2 Å². The lowest BCUT2D eigenvalue weighted by Crippen LogP contribution is -2.39. The normalized spacial score (nSPS) is 19.6. The van der Waals surface area contributed by atoms with E-state index in [1.807, 2.05) is 11.8 Å². The van der Waals surface area contributed by atoms with Gasteiger partial charge in [0.15, 0.2) is 0 Å². The third-order valence-corrected chi connectivity index (χ3v) is 5.09. The molecule has 0 bridgehead atoms. The van der Waals surface area contributed by atoms with Crippen LogP contribution in [0.1, 0.15) is 45.4 Å². The molecule has 2 unspecified atom stereocenters. The Morgan fingerprint density at radius 1 is 1.35 bits per heavy atom. The SMILES string of the molecule is CCC(CCNC(=O)NCC1CCCS1)CCC(=O)O. The predicted molar refractivity (Wildman–Crippen MR) is 82.1 cm³/mol. The van der Waals surface area contributed by atoms with Gasteiger partial charge in [0.05, 0.1) is 0 Å². The van der Waals surface area contributed by atoms with Gasteiger partial charge in [0.2, 0.25) is 0 Å². The summed E-state index contributed by atoms with van der Waals surface area (Å²) < 4.78 is 0. The number of carbonyl (C=O) groups excluding carboxylic acids is 1. The van der Waals surface area contributed by atoms with Crippen molar-refractivity contribution >= 4 is 23.8 Å². The molecule has 3 N–H and O–H groups in total. The molecular weight excluding hydrogens is 276 g/mol. The summed E-state index contributed by atoms with van der Waals surface area (Å²) in [6.45, 7) is 3.42. The molecule has 6 heteroatoms. The first-order valence-corrected chi connectivity index (χ1v) is 8.51. The van der Waals surface area contributed by atoms with E-state index in [4.69, 9.17) is 5.11 Å². The number of carboxylic acids is 1. The minimum atomic E-state index is -0.747. The van der Waals surface area contributed by atoms with Gasteiger partial charge in [-0.1, -0.05) is 13.3 Å². The Balaban J connectivity index is 2.05.